The fourth-order valence-corrected chi connectivity index (χ4v) is 1.67. The minimum atomic E-state index is 0.910. The minimum Gasteiger partial charge on any atom is -0.497 e. The monoisotopic (exact) mass is 502 g/mol. The molecular formula is C33H58O3. The summed E-state index contributed by atoms with van der Waals surface area (Å²) < 4.78 is 14.7. The summed E-state index contributed by atoms with van der Waals surface area (Å²) in [7, 11) is 4.99. The predicted octanol–water partition coefficient (Wildman–Crippen LogP) is 11.0. The number of rotatable bonds is 3. The Kier molecular flexibility index (Phi) is 54.6. The minimum absolute atomic E-state index is 0.910. The number of ether oxygens (including phenoxy) is 3. The van der Waals surface area contributed by atoms with Crippen molar-refractivity contribution >= 4 is 0 Å². The second-order valence-corrected chi connectivity index (χ2v) is 5.97. The third-order valence-electron chi connectivity index (χ3n) is 2.94. The first kappa shape index (κ1) is 43.2. The van der Waals surface area contributed by atoms with E-state index < -0.39 is 0 Å². The molecule has 3 rings (SSSR count). The lowest BCUT2D eigenvalue weighted by Crippen LogP contribution is -1.78. The van der Waals surface area contributed by atoms with Gasteiger partial charge in [0, 0.05) is 0 Å². The standard InChI is InChI=1S/3C7H8O.2C3H8.3C2H6/c3*1-8-7-5-3-2-4-6-7;2*1-3-2;3*1-2/h3*2-6H,1H3;2*3H2,1-2H3;3*1-2H3. The second kappa shape index (κ2) is 45.5. The SMILES string of the molecule is CC.CC.CC.CCC.CCC.COc1ccccc1.COc1ccccc1.COc1ccccc1. The lowest BCUT2D eigenvalue weighted by molar-refractivity contribution is 0.414. The number of hydrogen-bond acceptors (Lipinski definition) is 3. The van der Waals surface area contributed by atoms with Gasteiger partial charge in [-0.3, -0.25) is 0 Å². The van der Waals surface area contributed by atoms with Crippen LogP contribution in [0.1, 0.15) is 82.1 Å². The molecule has 3 aromatic carbocycles. The van der Waals surface area contributed by atoms with Crippen LogP contribution in [0.2, 0.25) is 0 Å². The highest BCUT2D eigenvalue weighted by atomic mass is 16.5. The molecule has 0 spiro atoms. The maximum atomic E-state index is 4.91. The van der Waals surface area contributed by atoms with Crippen LogP contribution in [0.4, 0.5) is 0 Å². The smallest absolute Gasteiger partial charge is 0.118 e. The van der Waals surface area contributed by atoms with Gasteiger partial charge in [-0.2, -0.15) is 0 Å². The molecule has 3 nitrogen and oxygen atoms in total. The molecule has 0 atom stereocenters. The Labute approximate surface area is 225 Å². The number of methoxy groups -OCH3 is 3. The van der Waals surface area contributed by atoms with Gasteiger partial charge in [0.1, 0.15) is 17.2 Å². The van der Waals surface area contributed by atoms with E-state index in [1.54, 1.807) is 21.3 Å². The average Bonchev–Trinajstić information content (AvgIpc) is 2.99. The van der Waals surface area contributed by atoms with Crippen LogP contribution >= 0.6 is 0 Å². The Balaban J connectivity index is -0.000000110. The third kappa shape index (κ3) is 38.3. The molecule has 36 heavy (non-hydrogen) atoms. The maximum Gasteiger partial charge on any atom is 0.118 e. The Morgan fingerprint density at radius 1 is 0.361 bits per heavy atom. The first-order chi connectivity index (χ1) is 17.6. The van der Waals surface area contributed by atoms with Gasteiger partial charge in [-0.25, -0.2) is 0 Å². The first-order valence-corrected chi connectivity index (χ1v) is 13.4. The van der Waals surface area contributed by atoms with Gasteiger partial charge in [-0.05, 0) is 36.4 Å². The molecule has 208 valence electrons. The van der Waals surface area contributed by atoms with E-state index >= 15 is 0 Å². The van der Waals surface area contributed by atoms with Crippen LogP contribution in [0.3, 0.4) is 0 Å². The van der Waals surface area contributed by atoms with Gasteiger partial charge in [-0.1, -0.05) is 137 Å². The van der Waals surface area contributed by atoms with Gasteiger partial charge in [0.05, 0.1) is 21.3 Å². The van der Waals surface area contributed by atoms with Gasteiger partial charge in [0.25, 0.3) is 0 Å². The molecule has 0 saturated heterocycles. The molecule has 0 amide bonds. The highest BCUT2D eigenvalue weighted by Gasteiger charge is 1.81. The molecule has 3 heteroatoms. The van der Waals surface area contributed by atoms with Gasteiger partial charge < -0.3 is 14.2 Å². The third-order valence-corrected chi connectivity index (χ3v) is 2.94. The van der Waals surface area contributed by atoms with Crippen molar-refractivity contribution in [1.29, 1.82) is 0 Å². The molecule has 0 unspecified atom stereocenters. The van der Waals surface area contributed by atoms with Crippen LogP contribution in [0, 0.1) is 0 Å². The van der Waals surface area contributed by atoms with Crippen LogP contribution in [-0.4, -0.2) is 21.3 Å². The Bertz CT molecular complexity index is 560. The molecule has 0 heterocycles. The van der Waals surface area contributed by atoms with Crippen LogP contribution < -0.4 is 14.2 Å². The summed E-state index contributed by atoms with van der Waals surface area (Å²) in [5, 5.41) is 0. The van der Waals surface area contributed by atoms with Crippen molar-refractivity contribution in [3.8, 4) is 17.2 Å². The van der Waals surface area contributed by atoms with Crippen molar-refractivity contribution in [3.05, 3.63) is 91.0 Å². The van der Waals surface area contributed by atoms with Crippen LogP contribution in [-0.2, 0) is 0 Å². The Morgan fingerprint density at radius 2 is 0.500 bits per heavy atom. The largest absolute Gasteiger partial charge is 0.497 e. The lowest BCUT2D eigenvalue weighted by atomic mass is 10.3. The molecule has 0 aliphatic carbocycles. The van der Waals surface area contributed by atoms with Crippen LogP contribution in [0.25, 0.3) is 0 Å². The summed E-state index contributed by atoms with van der Waals surface area (Å²) in [5.74, 6) is 2.73. The summed E-state index contributed by atoms with van der Waals surface area (Å²) >= 11 is 0. The number of para-hydroxylation sites is 3. The fraction of sp³-hybridized carbons (Fsp3) is 0.455. The number of benzene rings is 3. The molecule has 3 aromatic rings. The van der Waals surface area contributed by atoms with Gasteiger partial charge in [0.15, 0.2) is 0 Å². The molecule has 0 fully saturated rings. The molecule has 0 N–H and O–H groups in total. The number of hydrogen-bond donors (Lipinski definition) is 0. The summed E-state index contributed by atoms with van der Waals surface area (Å²) in [5.41, 5.74) is 0. The van der Waals surface area contributed by atoms with Crippen molar-refractivity contribution in [2.75, 3.05) is 21.3 Å². The Morgan fingerprint density at radius 3 is 0.583 bits per heavy atom. The van der Waals surface area contributed by atoms with E-state index in [0.717, 1.165) is 17.2 Å². The van der Waals surface area contributed by atoms with Crippen molar-refractivity contribution in [2.45, 2.75) is 82.1 Å². The molecule has 0 saturated carbocycles. The van der Waals surface area contributed by atoms with Gasteiger partial charge in [0.2, 0.25) is 0 Å². The topological polar surface area (TPSA) is 27.7 Å². The lowest BCUT2D eigenvalue weighted by Gasteiger charge is -1.93. The molecule has 0 radical (unpaired) electrons. The Hall–Kier alpha value is -2.94. The predicted molar refractivity (Wildman–Crippen MR) is 165 cm³/mol. The molecule has 0 aliphatic heterocycles. The average molecular weight is 503 g/mol. The zero-order valence-corrected chi connectivity index (χ0v) is 25.8. The highest BCUT2D eigenvalue weighted by molar-refractivity contribution is 5.21. The van der Waals surface area contributed by atoms with E-state index in [4.69, 9.17) is 14.2 Å². The summed E-state index contributed by atoms with van der Waals surface area (Å²) in [4.78, 5) is 0. The quantitative estimate of drug-likeness (QED) is 0.356. The van der Waals surface area contributed by atoms with Crippen molar-refractivity contribution < 1.29 is 14.2 Å². The van der Waals surface area contributed by atoms with Gasteiger partial charge >= 0.3 is 0 Å². The molecule has 0 aromatic heterocycles. The normalized spacial score (nSPS) is 7.25. The zero-order valence-electron chi connectivity index (χ0n) is 25.8. The summed E-state index contributed by atoms with van der Waals surface area (Å²) in [6.07, 6.45) is 2.50. The maximum absolute atomic E-state index is 4.91. The summed E-state index contributed by atoms with van der Waals surface area (Å²) in [6.45, 7) is 20.5. The van der Waals surface area contributed by atoms with Gasteiger partial charge in [-0.15, -0.1) is 0 Å². The van der Waals surface area contributed by atoms with Crippen molar-refractivity contribution in [3.63, 3.8) is 0 Å². The van der Waals surface area contributed by atoms with Crippen LogP contribution in [0.15, 0.2) is 91.0 Å². The van der Waals surface area contributed by atoms with Crippen LogP contribution in [0.5, 0.6) is 17.2 Å². The van der Waals surface area contributed by atoms with Crippen molar-refractivity contribution in [1.82, 2.24) is 0 Å². The van der Waals surface area contributed by atoms with E-state index in [0.29, 0.717) is 0 Å². The zero-order chi connectivity index (χ0) is 28.9. The molecule has 0 aliphatic rings. The van der Waals surface area contributed by atoms with E-state index in [1.165, 1.54) is 12.8 Å². The second-order valence-electron chi connectivity index (χ2n) is 5.97. The molecular weight excluding hydrogens is 444 g/mol. The van der Waals surface area contributed by atoms with E-state index in [2.05, 4.69) is 27.7 Å². The summed E-state index contributed by atoms with van der Waals surface area (Å²) in [6, 6.07) is 29.0. The fourth-order valence-electron chi connectivity index (χ4n) is 1.67. The first-order valence-electron chi connectivity index (χ1n) is 13.4. The van der Waals surface area contributed by atoms with E-state index in [9.17, 15) is 0 Å². The van der Waals surface area contributed by atoms with E-state index in [-0.39, 0.29) is 0 Å². The van der Waals surface area contributed by atoms with E-state index in [1.807, 2.05) is 133 Å². The van der Waals surface area contributed by atoms with Crippen molar-refractivity contribution in [2.24, 2.45) is 0 Å². The highest BCUT2D eigenvalue weighted by Crippen LogP contribution is 2.06. The molecule has 0 bridgehead atoms.